The molecule has 0 heterocycles. The van der Waals surface area contributed by atoms with E-state index in [4.69, 9.17) is 5.73 Å². The van der Waals surface area contributed by atoms with Crippen LogP contribution in [0.4, 0.5) is 0 Å². The summed E-state index contributed by atoms with van der Waals surface area (Å²) in [5, 5.41) is 26.0. The van der Waals surface area contributed by atoms with Crippen LogP contribution >= 0.6 is 11.8 Å². The molecule has 0 aliphatic carbocycles. The van der Waals surface area contributed by atoms with Crippen molar-refractivity contribution in [3.63, 3.8) is 0 Å². The highest BCUT2D eigenvalue weighted by molar-refractivity contribution is 7.98. The first-order chi connectivity index (χ1) is 16.5. The van der Waals surface area contributed by atoms with Gasteiger partial charge in [-0.05, 0) is 29.9 Å². The second-order valence-corrected chi connectivity index (χ2v) is 9.35. The molecule has 7 N–H and O–H groups in total. The van der Waals surface area contributed by atoms with E-state index in [2.05, 4.69) is 16.0 Å². The van der Waals surface area contributed by atoms with Gasteiger partial charge in [-0.25, -0.2) is 4.79 Å². The van der Waals surface area contributed by atoms with E-state index in [1.54, 1.807) is 44.2 Å². The second kappa shape index (κ2) is 15.0. The van der Waals surface area contributed by atoms with Crippen LogP contribution in [-0.4, -0.2) is 76.0 Å². The summed E-state index contributed by atoms with van der Waals surface area (Å²) in [5.41, 5.74) is 6.50. The lowest BCUT2D eigenvalue weighted by Crippen LogP contribution is -2.59. The first-order valence-electron chi connectivity index (χ1n) is 11.1. The first kappa shape index (κ1) is 29.9. The fourth-order valence-electron chi connectivity index (χ4n) is 3.14. The number of nitrogens with two attached hydrogens (primary N) is 1. The second-order valence-electron chi connectivity index (χ2n) is 8.37. The van der Waals surface area contributed by atoms with Crippen molar-refractivity contribution in [1.29, 1.82) is 0 Å². The molecule has 0 saturated heterocycles. The predicted octanol–water partition coefficient (Wildman–Crippen LogP) is -0.0208. The summed E-state index contributed by atoms with van der Waals surface area (Å²) in [6.45, 7) is 3.28. The van der Waals surface area contributed by atoms with Crippen molar-refractivity contribution in [1.82, 2.24) is 16.0 Å². The molecule has 3 amide bonds. The minimum Gasteiger partial charge on any atom is -0.481 e. The van der Waals surface area contributed by atoms with Crippen molar-refractivity contribution < 1.29 is 34.2 Å². The Labute approximate surface area is 208 Å². The summed E-state index contributed by atoms with van der Waals surface area (Å²) in [7, 11) is 0. The topological polar surface area (TPSA) is 188 Å². The van der Waals surface area contributed by atoms with Gasteiger partial charge in [-0.15, -0.1) is 0 Å². The molecule has 1 aromatic rings. The number of hydrogen-bond acceptors (Lipinski definition) is 7. The number of benzene rings is 1. The molecule has 1 aromatic carbocycles. The molecule has 0 radical (unpaired) electrons. The number of rotatable bonds is 15. The minimum absolute atomic E-state index is 0.0340. The molecule has 0 fully saturated rings. The van der Waals surface area contributed by atoms with Gasteiger partial charge < -0.3 is 31.9 Å². The van der Waals surface area contributed by atoms with E-state index in [1.165, 1.54) is 11.8 Å². The maximum absolute atomic E-state index is 12.9. The van der Waals surface area contributed by atoms with Gasteiger partial charge >= 0.3 is 11.9 Å². The summed E-state index contributed by atoms with van der Waals surface area (Å²) in [4.78, 5) is 61.1. The Balaban J connectivity index is 2.94. The van der Waals surface area contributed by atoms with Gasteiger partial charge in [-0.1, -0.05) is 44.2 Å². The lowest BCUT2D eigenvalue weighted by atomic mass is 10.0. The van der Waals surface area contributed by atoms with E-state index in [0.717, 1.165) is 0 Å². The molecular weight excluding hydrogens is 476 g/mol. The van der Waals surface area contributed by atoms with Crippen molar-refractivity contribution in [2.45, 2.75) is 57.3 Å². The van der Waals surface area contributed by atoms with E-state index in [1.807, 2.05) is 6.26 Å². The molecular formula is C23H34N4O7S. The molecule has 1 rings (SSSR count). The Kier molecular flexibility index (Phi) is 12.8. The Hall–Kier alpha value is -3.12. The van der Waals surface area contributed by atoms with Crippen LogP contribution in [0, 0.1) is 5.92 Å². The van der Waals surface area contributed by atoms with Gasteiger partial charge in [0, 0.05) is 6.42 Å². The average Bonchev–Trinajstić information content (AvgIpc) is 2.79. The quantitative estimate of drug-likeness (QED) is 0.188. The van der Waals surface area contributed by atoms with Gasteiger partial charge in [0.25, 0.3) is 0 Å². The third-order valence-electron chi connectivity index (χ3n) is 5.13. The zero-order valence-electron chi connectivity index (χ0n) is 20.0. The molecule has 12 heteroatoms. The van der Waals surface area contributed by atoms with E-state index >= 15 is 0 Å². The van der Waals surface area contributed by atoms with Crippen molar-refractivity contribution >= 4 is 41.4 Å². The van der Waals surface area contributed by atoms with Crippen molar-refractivity contribution in [3.05, 3.63) is 35.9 Å². The van der Waals surface area contributed by atoms with Crippen molar-refractivity contribution in [3.8, 4) is 0 Å². The van der Waals surface area contributed by atoms with Crippen LogP contribution in [0.2, 0.25) is 0 Å². The predicted molar refractivity (Wildman–Crippen MR) is 132 cm³/mol. The molecule has 11 nitrogen and oxygen atoms in total. The molecule has 194 valence electrons. The number of carboxylic acids is 2. The van der Waals surface area contributed by atoms with Gasteiger partial charge in [-0.2, -0.15) is 11.8 Å². The van der Waals surface area contributed by atoms with Gasteiger partial charge in [0.15, 0.2) is 0 Å². The number of carboxylic acid groups (broad SMARTS) is 2. The Morgan fingerprint density at radius 3 is 2.03 bits per heavy atom. The summed E-state index contributed by atoms with van der Waals surface area (Å²) in [6, 6.07) is 3.93. The maximum atomic E-state index is 12.9. The average molecular weight is 511 g/mol. The molecule has 4 unspecified atom stereocenters. The van der Waals surface area contributed by atoms with Gasteiger partial charge in [0.05, 0.1) is 12.5 Å². The maximum Gasteiger partial charge on any atom is 0.326 e. The van der Waals surface area contributed by atoms with Crippen LogP contribution in [0.5, 0.6) is 0 Å². The largest absolute Gasteiger partial charge is 0.481 e. The van der Waals surface area contributed by atoms with Crippen molar-refractivity contribution in [2.24, 2.45) is 11.7 Å². The van der Waals surface area contributed by atoms with Gasteiger partial charge in [0.1, 0.15) is 18.1 Å². The zero-order valence-corrected chi connectivity index (χ0v) is 20.8. The monoisotopic (exact) mass is 510 g/mol. The summed E-state index contributed by atoms with van der Waals surface area (Å²) >= 11 is 1.49. The number of carbonyl (C=O) groups is 5. The Morgan fingerprint density at radius 1 is 0.914 bits per heavy atom. The standard InChI is InChI=1S/C23H34N4O7S/c1-13(2)19(22(32)26-17(23(33)34)11-14-7-5-4-6-8-14)27-21(31)16(12-18(28)29)25-20(30)15(24)9-10-35-3/h4-8,13,15-17,19H,9-12,24H2,1-3H3,(H,25,30)(H,26,32)(H,27,31)(H,28,29)(H,33,34). The minimum atomic E-state index is -1.46. The highest BCUT2D eigenvalue weighted by Gasteiger charge is 2.32. The summed E-state index contributed by atoms with van der Waals surface area (Å²) in [6.07, 6.45) is 1.50. The lowest BCUT2D eigenvalue weighted by Gasteiger charge is -2.26. The van der Waals surface area contributed by atoms with Gasteiger partial charge in [0.2, 0.25) is 17.7 Å². The van der Waals surface area contributed by atoms with Crippen LogP contribution < -0.4 is 21.7 Å². The molecule has 4 atom stereocenters. The highest BCUT2D eigenvalue weighted by atomic mass is 32.2. The van der Waals surface area contributed by atoms with Gasteiger partial charge in [-0.3, -0.25) is 19.2 Å². The number of carbonyl (C=O) groups excluding carboxylic acids is 3. The Morgan fingerprint density at radius 2 is 1.51 bits per heavy atom. The molecule has 0 aliphatic heterocycles. The molecule has 0 aliphatic rings. The smallest absolute Gasteiger partial charge is 0.326 e. The van der Waals surface area contributed by atoms with E-state index < -0.39 is 66.2 Å². The zero-order chi connectivity index (χ0) is 26.5. The lowest BCUT2D eigenvalue weighted by molar-refractivity contribution is -0.143. The first-order valence-corrected chi connectivity index (χ1v) is 12.5. The summed E-state index contributed by atoms with van der Waals surface area (Å²) < 4.78 is 0. The fourth-order valence-corrected chi connectivity index (χ4v) is 3.63. The number of aliphatic carboxylic acids is 2. The van der Waals surface area contributed by atoms with Crippen LogP contribution in [0.25, 0.3) is 0 Å². The molecule has 35 heavy (non-hydrogen) atoms. The highest BCUT2D eigenvalue weighted by Crippen LogP contribution is 2.08. The summed E-state index contributed by atoms with van der Waals surface area (Å²) in [5.74, 6) is -4.74. The third-order valence-corrected chi connectivity index (χ3v) is 5.77. The third kappa shape index (κ3) is 10.8. The number of nitrogens with one attached hydrogen (secondary N) is 3. The van der Waals surface area contributed by atoms with Crippen LogP contribution in [0.3, 0.4) is 0 Å². The molecule has 0 aromatic heterocycles. The van der Waals surface area contributed by atoms with E-state index in [-0.39, 0.29) is 6.42 Å². The number of thioether (sulfide) groups is 1. The number of amides is 3. The van der Waals surface area contributed by atoms with Crippen LogP contribution in [0.1, 0.15) is 32.3 Å². The van der Waals surface area contributed by atoms with Crippen LogP contribution in [0.15, 0.2) is 30.3 Å². The van der Waals surface area contributed by atoms with Crippen LogP contribution in [-0.2, 0) is 30.4 Å². The van der Waals surface area contributed by atoms with Crippen molar-refractivity contribution in [2.75, 3.05) is 12.0 Å². The molecule has 0 saturated carbocycles. The van der Waals surface area contributed by atoms with E-state index in [0.29, 0.717) is 17.7 Å². The Bertz CT molecular complexity index is 882. The molecule has 0 spiro atoms. The number of hydrogen-bond donors (Lipinski definition) is 6. The fraction of sp³-hybridized carbons (Fsp3) is 0.522. The normalized spacial score (nSPS) is 14.3. The molecule has 0 bridgehead atoms. The SMILES string of the molecule is CSCCC(N)C(=O)NC(CC(=O)O)C(=O)NC(C(=O)NC(Cc1ccccc1)C(=O)O)C(C)C. The van der Waals surface area contributed by atoms with E-state index in [9.17, 15) is 34.2 Å².